The largest absolute Gasteiger partial charge is 0.627 e. The first-order chi connectivity index (χ1) is 16.4. The van der Waals surface area contributed by atoms with Crippen molar-refractivity contribution in [3.63, 3.8) is 0 Å². The number of amidine groups is 1. The van der Waals surface area contributed by atoms with Crippen LogP contribution in [-0.2, 0) is 17.8 Å². The third-order valence-corrected chi connectivity index (χ3v) is 6.93. The number of nitrogens with zero attached hydrogens (tertiary/aromatic N) is 2. The van der Waals surface area contributed by atoms with Gasteiger partial charge in [-0.1, -0.05) is 24.3 Å². The highest BCUT2D eigenvalue weighted by Gasteiger charge is 2.48. The van der Waals surface area contributed by atoms with Gasteiger partial charge < -0.3 is 26.2 Å². The minimum Gasteiger partial charge on any atom is -0.627 e. The summed E-state index contributed by atoms with van der Waals surface area (Å²) in [6.45, 7) is -0.285. The lowest BCUT2D eigenvalue weighted by Crippen LogP contribution is -2.58. The number of hydrogen-bond donors (Lipinski definition) is 3. The Bertz CT molecular complexity index is 1160. The van der Waals surface area contributed by atoms with E-state index < -0.39 is 34.6 Å². The van der Waals surface area contributed by atoms with Gasteiger partial charge in [0.1, 0.15) is 18.1 Å². The van der Waals surface area contributed by atoms with E-state index in [2.05, 4.69) is 0 Å². The van der Waals surface area contributed by atoms with Crippen LogP contribution in [0, 0.1) is 16.5 Å². The number of nitrogens with two attached hydrogens (primary N) is 2. The van der Waals surface area contributed by atoms with Gasteiger partial charge in [-0.2, -0.15) is 13.2 Å². The van der Waals surface area contributed by atoms with Gasteiger partial charge in [-0.25, -0.2) is 0 Å². The summed E-state index contributed by atoms with van der Waals surface area (Å²) in [5.74, 6) is -2.79. The van der Waals surface area contributed by atoms with Gasteiger partial charge in [-0.05, 0) is 25.0 Å². The van der Waals surface area contributed by atoms with Crippen LogP contribution in [0.25, 0.3) is 0 Å². The molecular formula is C24H26F3N5O3. The maximum atomic E-state index is 14.4. The molecule has 2 aromatic rings. The number of likely N-dealkylation sites (tertiary alicyclic amines) is 1. The summed E-state index contributed by atoms with van der Waals surface area (Å²) in [5, 5.41) is 22.2. The van der Waals surface area contributed by atoms with Crippen molar-refractivity contribution in [1.29, 1.82) is 5.41 Å². The van der Waals surface area contributed by atoms with Crippen LogP contribution >= 0.6 is 0 Å². The van der Waals surface area contributed by atoms with Crippen molar-refractivity contribution in [3.05, 3.63) is 69.9 Å². The zero-order valence-corrected chi connectivity index (χ0v) is 18.8. The average Bonchev–Trinajstić information content (AvgIpc) is 3.10. The van der Waals surface area contributed by atoms with E-state index in [4.69, 9.17) is 16.9 Å². The number of fused-ring (bicyclic) bond motifs is 1. The van der Waals surface area contributed by atoms with E-state index in [-0.39, 0.29) is 50.3 Å². The molecule has 2 aliphatic heterocycles. The fourth-order valence-corrected chi connectivity index (χ4v) is 4.92. The first kappa shape index (κ1) is 24.7. The first-order valence-corrected chi connectivity index (χ1v) is 11.2. The van der Waals surface area contributed by atoms with Gasteiger partial charge in [0.15, 0.2) is 6.04 Å². The summed E-state index contributed by atoms with van der Waals surface area (Å²) in [7, 11) is 0. The molecule has 0 radical (unpaired) electrons. The van der Waals surface area contributed by atoms with E-state index in [9.17, 15) is 28.0 Å². The van der Waals surface area contributed by atoms with Crippen LogP contribution in [0.1, 0.15) is 39.9 Å². The van der Waals surface area contributed by atoms with Crippen LogP contribution in [0.2, 0.25) is 0 Å². The van der Waals surface area contributed by atoms with Gasteiger partial charge in [-0.3, -0.25) is 15.0 Å². The monoisotopic (exact) mass is 489 g/mol. The van der Waals surface area contributed by atoms with Crippen molar-refractivity contribution in [3.8, 4) is 0 Å². The lowest BCUT2D eigenvalue weighted by atomic mass is 9.95. The second-order valence-electron chi connectivity index (χ2n) is 9.13. The number of amides is 2. The number of nitrogens with one attached hydrogen (secondary N) is 1. The summed E-state index contributed by atoms with van der Waals surface area (Å²) in [6, 6.07) is 9.83. The van der Waals surface area contributed by atoms with Crippen LogP contribution in [-0.4, -0.2) is 47.9 Å². The van der Waals surface area contributed by atoms with Gasteiger partial charge in [0.05, 0.1) is 5.92 Å². The van der Waals surface area contributed by atoms with Gasteiger partial charge in [0.2, 0.25) is 5.91 Å². The Morgan fingerprint density at radius 2 is 1.66 bits per heavy atom. The predicted molar refractivity (Wildman–Crippen MR) is 124 cm³/mol. The summed E-state index contributed by atoms with van der Waals surface area (Å²) in [6.07, 6.45) is -4.58. The Balaban J connectivity index is 1.65. The Labute approximate surface area is 200 Å². The SMILES string of the molecule is N=C(N)c1ccc2c(c1)[N+]([O-])(Cc1ccc(C(N)=O)cc1)C(C(=O)N1CCC(C(F)(F)F)CC1)C2. The molecule has 2 aliphatic rings. The lowest BCUT2D eigenvalue weighted by molar-refractivity contribution is -0.186. The molecule has 2 aromatic carbocycles. The van der Waals surface area contributed by atoms with Gasteiger partial charge >= 0.3 is 6.18 Å². The highest BCUT2D eigenvalue weighted by Crippen LogP contribution is 2.42. The van der Waals surface area contributed by atoms with E-state index >= 15 is 0 Å². The molecule has 4 rings (SSSR count). The molecule has 8 nitrogen and oxygen atoms in total. The maximum absolute atomic E-state index is 14.4. The number of piperidine rings is 1. The second kappa shape index (κ2) is 8.97. The predicted octanol–water partition coefficient (Wildman–Crippen LogP) is 2.80. The van der Waals surface area contributed by atoms with E-state index in [1.165, 1.54) is 23.1 Å². The Kier molecular flexibility index (Phi) is 6.32. The molecular weight excluding hydrogens is 463 g/mol. The van der Waals surface area contributed by atoms with Crippen LogP contribution < -0.4 is 16.1 Å². The van der Waals surface area contributed by atoms with E-state index in [1.54, 1.807) is 24.3 Å². The highest BCUT2D eigenvalue weighted by molar-refractivity contribution is 5.97. The molecule has 0 bridgehead atoms. The second-order valence-corrected chi connectivity index (χ2v) is 9.13. The summed E-state index contributed by atoms with van der Waals surface area (Å²) >= 11 is 0. The van der Waals surface area contributed by atoms with E-state index in [0.29, 0.717) is 22.4 Å². The number of primary amides is 1. The van der Waals surface area contributed by atoms with Crippen molar-refractivity contribution in [2.45, 2.75) is 38.0 Å². The highest BCUT2D eigenvalue weighted by atomic mass is 19.4. The standard InChI is InChI=1S/C24H26F3N5O3/c25-24(26,27)18-7-9-31(10-8-18)23(34)20-11-16-5-6-17(21(28)29)12-19(16)32(20,35)13-14-1-3-15(4-2-14)22(30)33/h1-6,12,18,20H,7-11,13H2,(H3,28,29)(H2,30,33). The molecule has 186 valence electrons. The zero-order chi connectivity index (χ0) is 25.5. The molecule has 0 aromatic heterocycles. The Morgan fingerprint density at radius 1 is 1.06 bits per heavy atom. The number of hydrogen-bond acceptors (Lipinski definition) is 4. The fourth-order valence-electron chi connectivity index (χ4n) is 4.92. The molecule has 1 fully saturated rings. The third kappa shape index (κ3) is 4.73. The van der Waals surface area contributed by atoms with Crippen molar-refractivity contribution in [1.82, 2.24) is 9.55 Å². The van der Waals surface area contributed by atoms with Gasteiger partial charge in [0.25, 0.3) is 5.91 Å². The molecule has 2 unspecified atom stereocenters. The molecule has 0 saturated carbocycles. The first-order valence-electron chi connectivity index (χ1n) is 11.2. The van der Waals surface area contributed by atoms with Crippen molar-refractivity contribution in [2.24, 2.45) is 17.4 Å². The number of hydroxylamine groups is 2. The van der Waals surface area contributed by atoms with Crippen LogP contribution in [0.5, 0.6) is 0 Å². The molecule has 11 heteroatoms. The minimum atomic E-state index is -4.31. The molecule has 2 heterocycles. The minimum absolute atomic E-state index is 0.0676. The van der Waals surface area contributed by atoms with Crippen LogP contribution in [0.4, 0.5) is 18.9 Å². The van der Waals surface area contributed by atoms with Crippen molar-refractivity contribution in [2.75, 3.05) is 13.1 Å². The fraction of sp³-hybridized carbons (Fsp3) is 0.375. The van der Waals surface area contributed by atoms with Crippen molar-refractivity contribution >= 4 is 23.3 Å². The molecule has 1 saturated heterocycles. The normalized spacial score (nSPS) is 22.6. The lowest BCUT2D eigenvalue weighted by Gasteiger charge is -2.45. The zero-order valence-electron chi connectivity index (χ0n) is 18.8. The van der Waals surface area contributed by atoms with Crippen LogP contribution in [0.15, 0.2) is 42.5 Å². The Morgan fingerprint density at radius 3 is 2.20 bits per heavy atom. The third-order valence-electron chi connectivity index (χ3n) is 6.93. The molecule has 2 atom stereocenters. The van der Waals surface area contributed by atoms with E-state index in [0.717, 1.165) is 0 Å². The number of carbonyl (C=O) groups is 2. The summed E-state index contributed by atoms with van der Waals surface area (Å²) in [4.78, 5) is 26.2. The quantitative estimate of drug-likeness (QED) is 0.257. The smallest absolute Gasteiger partial charge is 0.391 e. The van der Waals surface area contributed by atoms with Crippen LogP contribution in [0.3, 0.4) is 0 Å². The summed E-state index contributed by atoms with van der Waals surface area (Å²) in [5.41, 5.74) is 13.0. The molecule has 5 N–H and O–H groups in total. The molecule has 35 heavy (non-hydrogen) atoms. The van der Waals surface area contributed by atoms with Gasteiger partial charge in [-0.15, -0.1) is 0 Å². The molecule has 2 amide bonds. The number of benzene rings is 2. The average molecular weight is 489 g/mol. The number of quaternary nitrogens is 1. The number of carbonyl (C=O) groups excluding carboxylic acids is 2. The number of alkyl halides is 3. The summed E-state index contributed by atoms with van der Waals surface area (Å²) < 4.78 is 38.2. The number of halogens is 3. The number of rotatable bonds is 5. The molecule has 0 spiro atoms. The van der Waals surface area contributed by atoms with Gasteiger partial charge in [0, 0.05) is 47.8 Å². The van der Waals surface area contributed by atoms with E-state index in [1.807, 2.05) is 0 Å². The number of nitrogen functional groups attached to an aromatic ring is 1. The maximum Gasteiger partial charge on any atom is 0.391 e. The Hall–Kier alpha value is -3.44. The molecule has 0 aliphatic carbocycles. The van der Waals surface area contributed by atoms with Crippen molar-refractivity contribution < 1.29 is 22.8 Å². The topological polar surface area (TPSA) is 136 Å².